The quantitative estimate of drug-likeness (QED) is 0.578. The van der Waals surface area contributed by atoms with Gasteiger partial charge >= 0.3 is 0 Å². The summed E-state index contributed by atoms with van der Waals surface area (Å²) >= 11 is 5.07. The second-order valence-corrected chi connectivity index (χ2v) is 7.83. The zero-order valence-electron chi connectivity index (χ0n) is 13.6. The fraction of sp³-hybridized carbons (Fsp3) is 0.467. The van der Waals surface area contributed by atoms with E-state index in [1.807, 2.05) is 0 Å². The normalized spacial score (nSPS) is 11.3. The van der Waals surface area contributed by atoms with Gasteiger partial charge in [-0.3, -0.25) is 4.79 Å². The van der Waals surface area contributed by atoms with Crippen molar-refractivity contribution in [1.29, 1.82) is 0 Å². The first-order valence-electron chi connectivity index (χ1n) is 7.40. The van der Waals surface area contributed by atoms with E-state index in [9.17, 15) is 13.2 Å². The minimum absolute atomic E-state index is 0.122. The van der Waals surface area contributed by atoms with Crippen molar-refractivity contribution in [2.24, 2.45) is 0 Å². The molecule has 0 aromatic heterocycles. The number of nitrogens with one attached hydrogen (secondary N) is 2. The number of sulfonamides is 1. The molecular weight excluding hydrogens is 334 g/mol. The van der Waals surface area contributed by atoms with Gasteiger partial charge in [-0.15, -0.1) is 0 Å². The lowest BCUT2D eigenvalue weighted by Crippen LogP contribution is -2.33. The highest BCUT2D eigenvalue weighted by Gasteiger charge is 2.16. The maximum absolute atomic E-state index is 12.0. The highest BCUT2D eigenvalue weighted by Crippen LogP contribution is 2.16. The Kier molecular flexibility index (Phi) is 7.60. The smallest absolute Gasteiger partial charge is 0.242 e. The van der Waals surface area contributed by atoms with Crippen LogP contribution in [0, 0.1) is 0 Å². The van der Waals surface area contributed by atoms with E-state index in [4.69, 9.17) is 12.2 Å². The Hall–Kier alpha value is -1.51. The number of nitrogens with zero attached hydrogens (tertiary/aromatic N) is 1. The van der Waals surface area contributed by atoms with Gasteiger partial charge < -0.3 is 10.6 Å². The van der Waals surface area contributed by atoms with Crippen molar-refractivity contribution in [3.8, 4) is 0 Å². The lowest BCUT2D eigenvalue weighted by molar-refractivity contribution is -0.119. The Labute approximate surface area is 143 Å². The number of amides is 1. The number of thiocarbonyl (C=S) groups is 1. The third-order valence-electron chi connectivity index (χ3n) is 3.15. The molecule has 0 saturated carbocycles. The number of carbonyl (C=O) groups is 1. The summed E-state index contributed by atoms with van der Waals surface area (Å²) in [5.74, 6) is -0.122. The fourth-order valence-electron chi connectivity index (χ4n) is 1.81. The summed E-state index contributed by atoms with van der Waals surface area (Å²) in [6.07, 6.45) is 3.34. The summed E-state index contributed by atoms with van der Waals surface area (Å²) in [5.41, 5.74) is 0.613. The number of rotatable bonds is 7. The zero-order chi connectivity index (χ0) is 17.5. The molecule has 1 amide bonds. The largest absolute Gasteiger partial charge is 0.332 e. The van der Waals surface area contributed by atoms with Crippen LogP contribution in [0.5, 0.6) is 0 Å². The van der Waals surface area contributed by atoms with Crippen LogP contribution in [0.25, 0.3) is 0 Å². The van der Waals surface area contributed by atoms with Crippen molar-refractivity contribution in [3.63, 3.8) is 0 Å². The first-order chi connectivity index (χ1) is 10.8. The second kappa shape index (κ2) is 8.95. The first kappa shape index (κ1) is 19.5. The van der Waals surface area contributed by atoms with Crippen molar-refractivity contribution in [2.75, 3.05) is 19.4 Å². The maximum atomic E-state index is 12.0. The number of benzene rings is 1. The molecule has 6 nitrogen and oxygen atoms in total. The number of unbranched alkanes of at least 4 members (excludes halogenated alkanes) is 2. The number of anilines is 1. The Morgan fingerprint density at radius 1 is 1.17 bits per heavy atom. The molecule has 0 unspecified atom stereocenters. The highest BCUT2D eigenvalue weighted by atomic mass is 32.2. The molecule has 2 N–H and O–H groups in total. The molecule has 0 atom stereocenters. The van der Waals surface area contributed by atoms with Gasteiger partial charge in [0.1, 0.15) is 0 Å². The molecule has 0 aliphatic rings. The molecular formula is C15H23N3O3S2. The van der Waals surface area contributed by atoms with Crippen LogP contribution in [-0.4, -0.2) is 37.8 Å². The zero-order valence-corrected chi connectivity index (χ0v) is 15.3. The van der Waals surface area contributed by atoms with Gasteiger partial charge in [-0.25, -0.2) is 12.7 Å². The first-order valence-corrected chi connectivity index (χ1v) is 9.25. The molecule has 1 aromatic carbocycles. The van der Waals surface area contributed by atoms with E-state index in [2.05, 4.69) is 17.6 Å². The summed E-state index contributed by atoms with van der Waals surface area (Å²) < 4.78 is 25.1. The molecule has 0 saturated heterocycles. The van der Waals surface area contributed by atoms with Crippen LogP contribution in [0.2, 0.25) is 0 Å². The summed E-state index contributed by atoms with van der Waals surface area (Å²) in [6, 6.07) is 6.19. The second-order valence-electron chi connectivity index (χ2n) is 5.27. The average Bonchev–Trinajstić information content (AvgIpc) is 2.47. The number of hydrogen-bond donors (Lipinski definition) is 2. The minimum Gasteiger partial charge on any atom is -0.332 e. The maximum Gasteiger partial charge on any atom is 0.242 e. The van der Waals surface area contributed by atoms with E-state index in [1.54, 1.807) is 12.1 Å². The Morgan fingerprint density at radius 3 is 2.30 bits per heavy atom. The molecule has 0 aliphatic carbocycles. The summed E-state index contributed by atoms with van der Waals surface area (Å²) in [6.45, 7) is 2.07. The Bertz CT molecular complexity index is 640. The van der Waals surface area contributed by atoms with Gasteiger partial charge in [0.25, 0.3) is 0 Å². The highest BCUT2D eigenvalue weighted by molar-refractivity contribution is 7.89. The van der Waals surface area contributed by atoms with Crippen molar-refractivity contribution < 1.29 is 13.2 Å². The average molecular weight is 358 g/mol. The fourth-order valence-corrected chi connectivity index (χ4v) is 2.94. The third kappa shape index (κ3) is 6.25. The van der Waals surface area contributed by atoms with E-state index in [0.29, 0.717) is 12.1 Å². The van der Waals surface area contributed by atoms with Gasteiger partial charge in [0.15, 0.2) is 5.11 Å². The number of hydrogen-bond acceptors (Lipinski definition) is 4. The van der Waals surface area contributed by atoms with E-state index in [0.717, 1.165) is 23.6 Å². The molecule has 0 radical (unpaired) electrons. The van der Waals surface area contributed by atoms with Crippen LogP contribution < -0.4 is 10.6 Å². The van der Waals surface area contributed by atoms with E-state index in [-0.39, 0.29) is 15.9 Å². The summed E-state index contributed by atoms with van der Waals surface area (Å²) in [7, 11) is -0.497. The topological polar surface area (TPSA) is 78.5 Å². The molecule has 1 aromatic rings. The van der Waals surface area contributed by atoms with Crippen LogP contribution in [0.1, 0.15) is 32.6 Å². The van der Waals surface area contributed by atoms with Gasteiger partial charge in [0.05, 0.1) is 4.90 Å². The number of carbonyl (C=O) groups excluding carboxylic acids is 1. The standard InChI is InChI=1S/C15H23N3O3S2/c1-4-5-6-7-14(19)17-15(22)16-12-8-10-13(11-9-12)23(20,21)18(2)3/h8-11H,4-7H2,1-3H3,(H2,16,17,19,22). The Morgan fingerprint density at radius 2 is 1.78 bits per heavy atom. The van der Waals surface area contributed by atoms with Crippen molar-refractivity contribution in [1.82, 2.24) is 9.62 Å². The predicted molar refractivity (Wildman–Crippen MR) is 95.8 cm³/mol. The molecule has 128 valence electrons. The van der Waals surface area contributed by atoms with Crippen LogP contribution in [0.4, 0.5) is 5.69 Å². The lowest BCUT2D eigenvalue weighted by atomic mass is 10.2. The molecule has 0 bridgehead atoms. The molecule has 0 fully saturated rings. The predicted octanol–water partition coefficient (Wildman–Crippen LogP) is 2.33. The molecule has 0 spiro atoms. The van der Waals surface area contributed by atoms with Crippen LogP contribution >= 0.6 is 12.2 Å². The molecule has 8 heteroatoms. The van der Waals surface area contributed by atoms with Gasteiger partial charge in [0, 0.05) is 26.2 Å². The van der Waals surface area contributed by atoms with Gasteiger partial charge in [-0.05, 0) is 42.9 Å². The SMILES string of the molecule is CCCCCC(=O)NC(=S)Nc1ccc(S(=O)(=O)N(C)C)cc1. The summed E-state index contributed by atoms with van der Waals surface area (Å²) in [4.78, 5) is 11.9. The Balaban J connectivity index is 2.58. The van der Waals surface area contributed by atoms with E-state index < -0.39 is 10.0 Å². The third-order valence-corrected chi connectivity index (χ3v) is 5.18. The summed E-state index contributed by atoms with van der Waals surface area (Å²) in [5, 5.41) is 5.67. The molecule has 23 heavy (non-hydrogen) atoms. The van der Waals surface area contributed by atoms with Crippen molar-refractivity contribution in [3.05, 3.63) is 24.3 Å². The van der Waals surface area contributed by atoms with E-state index in [1.165, 1.54) is 26.2 Å². The van der Waals surface area contributed by atoms with Crippen molar-refractivity contribution >= 4 is 38.9 Å². The molecule has 1 rings (SSSR count). The minimum atomic E-state index is -3.45. The van der Waals surface area contributed by atoms with Crippen molar-refractivity contribution in [2.45, 2.75) is 37.5 Å². The lowest BCUT2D eigenvalue weighted by Gasteiger charge is -2.13. The van der Waals surface area contributed by atoms with Gasteiger partial charge in [0.2, 0.25) is 15.9 Å². The van der Waals surface area contributed by atoms with Crippen LogP contribution in [0.3, 0.4) is 0 Å². The van der Waals surface area contributed by atoms with E-state index >= 15 is 0 Å². The molecule has 0 heterocycles. The van der Waals surface area contributed by atoms with Gasteiger partial charge in [-0.2, -0.15) is 0 Å². The van der Waals surface area contributed by atoms with Crippen LogP contribution in [0.15, 0.2) is 29.2 Å². The van der Waals surface area contributed by atoms with Crippen LogP contribution in [-0.2, 0) is 14.8 Å². The van der Waals surface area contributed by atoms with Gasteiger partial charge in [-0.1, -0.05) is 19.8 Å². The molecule has 0 aliphatic heterocycles. The monoisotopic (exact) mass is 357 g/mol.